The molecular formula is C11H16N2O2. The van der Waals surface area contributed by atoms with Crippen molar-refractivity contribution < 1.29 is 9.90 Å². The molecule has 4 heteroatoms. The Hall–Kier alpha value is -1.71. The molecule has 1 aromatic rings. The summed E-state index contributed by atoms with van der Waals surface area (Å²) in [7, 11) is 0. The minimum atomic E-state index is -0.993. The van der Waals surface area contributed by atoms with E-state index in [-0.39, 0.29) is 5.56 Å². The number of carboxylic acid groups (broad SMARTS) is 1. The molecule has 0 amide bonds. The van der Waals surface area contributed by atoms with Gasteiger partial charge in [0.25, 0.3) is 0 Å². The van der Waals surface area contributed by atoms with Gasteiger partial charge in [0.15, 0.2) is 0 Å². The first-order chi connectivity index (χ1) is 7.15. The van der Waals surface area contributed by atoms with E-state index in [4.69, 9.17) is 10.8 Å². The number of nitrogens with one attached hydrogen (secondary N) is 1. The molecule has 4 N–H and O–H groups in total. The number of rotatable bonds is 5. The van der Waals surface area contributed by atoms with Gasteiger partial charge in [-0.3, -0.25) is 0 Å². The number of hydrogen-bond acceptors (Lipinski definition) is 3. The number of nitrogen functional groups attached to an aromatic ring is 1. The minimum absolute atomic E-state index is 0.149. The first-order valence-electron chi connectivity index (χ1n) is 5.02. The second-order valence-corrected chi connectivity index (χ2v) is 3.39. The van der Waals surface area contributed by atoms with E-state index in [1.165, 1.54) is 6.07 Å². The van der Waals surface area contributed by atoms with Gasteiger partial charge in [0.05, 0.1) is 5.56 Å². The van der Waals surface area contributed by atoms with E-state index in [2.05, 4.69) is 12.2 Å². The van der Waals surface area contributed by atoms with Crippen LogP contribution in [0.1, 0.15) is 30.1 Å². The molecule has 0 aliphatic rings. The highest BCUT2D eigenvalue weighted by Crippen LogP contribution is 2.17. The molecule has 0 bridgehead atoms. The van der Waals surface area contributed by atoms with Crippen molar-refractivity contribution in [2.24, 2.45) is 0 Å². The van der Waals surface area contributed by atoms with Crippen molar-refractivity contribution >= 4 is 17.3 Å². The molecule has 0 aliphatic heterocycles. The molecule has 1 rings (SSSR count). The molecule has 0 saturated heterocycles. The van der Waals surface area contributed by atoms with Crippen molar-refractivity contribution in [1.82, 2.24) is 0 Å². The van der Waals surface area contributed by atoms with E-state index < -0.39 is 5.97 Å². The number of nitrogens with two attached hydrogens (primary N) is 1. The Labute approximate surface area is 89.1 Å². The van der Waals surface area contributed by atoms with Crippen LogP contribution in [0.3, 0.4) is 0 Å². The molecule has 0 aromatic heterocycles. The molecule has 15 heavy (non-hydrogen) atoms. The molecular weight excluding hydrogens is 192 g/mol. The number of carbonyl (C=O) groups is 1. The number of hydrogen-bond donors (Lipinski definition) is 3. The van der Waals surface area contributed by atoms with Gasteiger partial charge >= 0.3 is 5.97 Å². The Morgan fingerprint density at radius 3 is 2.80 bits per heavy atom. The van der Waals surface area contributed by atoms with Gasteiger partial charge in [-0.2, -0.15) is 0 Å². The van der Waals surface area contributed by atoms with Gasteiger partial charge in [-0.15, -0.1) is 0 Å². The average molecular weight is 208 g/mol. The van der Waals surface area contributed by atoms with Crippen LogP contribution in [-0.2, 0) is 0 Å². The summed E-state index contributed by atoms with van der Waals surface area (Å²) in [6.07, 6.45) is 2.20. The van der Waals surface area contributed by atoms with Crippen molar-refractivity contribution in [2.45, 2.75) is 19.8 Å². The van der Waals surface area contributed by atoms with E-state index >= 15 is 0 Å². The summed E-state index contributed by atoms with van der Waals surface area (Å²) in [6.45, 7) is 2.99. The Morgan fingerprint density at radius 1 is 1.53 bits per heavy atom. The lowest BCUT2D eigenvalue weighted by Crippen LogP contribution is -2.05. The van der Waals surface area contributed by atoms with Gasteiger partial charge in [-0.25, -0.2) is 4.79 Å². The monoisotopic (exact) mass is 208 g/mol. The predicted octanol–water partition coefficient (Wildman–Crippen LogP) is 2.18. The van der Waals surface area contributed by atoms with Crippen LogP contribution in [0.25, 0.3) is 0 Å². The van der Waals surface area contributed by atoms with Crippen LogP contribution in [0, 0.1) is 0 Å². The lowest BCUT2D eigenvalue weighted by atomic mass is 10.1. The summed E-state index contributed by atoms with van der Waals surface area (Å²) >= 11 is 0. The zero-order chi connectivity index (χ0) is 11.3. The summed E-state index contributed by atoms with van der Waals surface area (Å²) in [5, 5.41) is 11.9. The van der Waals surface area contributed by atoms with Crippen LogP contribution in [0.4, 0.5) is 11.4 Å². The number of aromatic carboxylic acids is 1. The molecule has 0 unspecified atom stereocenters. The predicted molar refractivity (Wildman–Crippen MR) is 61.2 cm³/mol. The van der Waals surface area contributed by atoms with Crippen LogP contribution >= 0.6 is 0 Å². The van der Waals surface area contributed by atoms with Gasteiger partial charge < -0.3 is 16.2 Å². The topological polar surface area (TPSA) is 75.3 Å². The number of anilines is 2. The van der Waals surface area contributed by atoms with Crippen molar-refractivity contribution in [1.29, 1.82) is 0 Å². The fraction of sp³-hybridized carbons (Fsp3) is 0.364. The molecule has 0 spiro atoms. The van der Waals surface area contributed by atoms with Crippen molar-refractivity contribution in [2.75, 3.05) is 17.6 Å². The van der Waals surface area contributed by atoms with Crippen molar-refractivity contribution in [3.8, 4) is 0 Å². The highest BCUT2D eigenvalue weighted by molar-refractivity contribution is 5.94. The van der Waals surface area contributed by atoms with Gasteiger partial charge in [-0.1, -0.05) is 13.3 Å². The molecule has 0 atom stereocenters. The van der Waals surface area contributed by atoms with Gasteiger partial charge in [0, 0.05) is 17.9 Å². The molecule has 1 aromatic carbocycles. The molecule has 0 aliphatic carbocycles. The summed E-state index contributed by atoms with van der Waals surface area (Å²) in [5.41, 5.74) is 6.92. The third-order valence-corrected chi connectivity index (χ3v) is 2.14. The average Bonchev–Trinajstić information content (AvgIpc) is 2.17. The van der Waals surface area contributed by atoms with Gasteiger partial charge in [0.2, 0.25) is 0 Å². The van der Waals surface area contributed by atoms with E-state index in [1.807, 2.05) is 0 Å². The van der Waals surface area contributed by atoms with E-state index in [0.29, 0.717) is 5.69 Å². The Balaban J connectivity index is 2.69. The van der Waals surface area contributed by atoms with Gasteiger partial charge in [0.1, 0.15) is 0 Å². The molecule has 82 valence electrons. The normalized spacial score (nSPS) is 9.93. The fourth-order valence-corrected chi connectivity index (χ4v) is 1.28. The second-order valence-electron chi connectivity index (χ2n) is 3.39. The number of unbranched alkanes of at least 4 members (excludes halogenated alkanes) is 1. The maximum absolute atomic E-state index is 10.7. The van der Waals surface area contributed by atoms with Gasteiger partial charge in [-0.05, 0) is 24.6 Å². The highest BCUT2D eigenvalue weighted by Gasteiger charge is 2.07. The largest absolute Gasteiger partial charge is 0.478 e. The van der Waals surface area contributed by atoms with Crippen LogP contribution in [-0.4, -0.2) is 17.6 Å². The zero-order valence-corrected chi connectivity index (χ0v) is 8.79. The first-order valence-corrected chi connectivity index (χ1v) is 5.02. The fourth-order valence-electron chi connectivity index (χ4n) is 1.28. The molecule has 0 heterocycles. The number of benzene rings is 1. The Bertz CT molecular complexity index is 350. The summed E-state index contributed by atoms with van der Waals surface area (Å²) in [5.74, 6) is -0.993. The van der Waals surface area contributed by atoms with Crippen LogP contribution in [0.5, 0.6) is 0 Å². The molecule has 0 fully saturated rings. The van der Waals surface area contributed by atoms with Crippen LogP contribution in [0.15, 0.2) is 18.2 Å². The maximum atomic E-state index is 10.7. The van der Waals surface area contributed by atoms with Crippen molar-refractivity contribution in [3.05, 3.63) is 23.8 Å². The standard InChI is InChI=1S/C11H16N2O2/c1-2-3-6-13-8-4-5-9(11(14)15)10(12)7-8/h4-5,7,13H,2-3,6,12H2,1H3,(H,14,15). The summed E-state index contributed by atoms with van der Waals surface area (Å²) in [6, 6.07) is 4.90. The van der Waals surface area contributed by atoms with Crippen molar-refractivity contribution in [3.63, 3.8) is 0 Å². The third kappa shape index (κ3) is 3.16. The lowest BCUT2D eigenvalue weighted by molar-refractivity contribution is 0.0698. The summed E-state index contributed by atoms with van der Waals surface area (Å²) < 4.78 is 0. The highest BCUT2D eigenvalue weighted by atomic mass is 16.4. The minimum Gasteiger partial charge on any atom is -0.478 e. The third-order valence-electron chi connectivity index (χ3n) is 2.14. The van der Waals surface area contributed by atoms with E-state index in [1.54, 1.807) is 12.1 Å². The zero-order valence-electron chi connectivity index (χ0n) is 8.79. The number of carboxylic acids is 1. The quantitative estimate of drug-likeness (QED) is 0.512. The SMILES string of the molecule is CCCCNc1ccc(C(=O)O)c(N)c1. The Morgan fingerprint density at radius 2 is 2.27 bits per heavy atom. The molecule has 0 radical (unpaired) electrons. The molecule has 0 saturated carbocycles. The smallest absolute Gasteiger partial charge is 0.337 e. The first kappa shape index (κ1) is 11.4. The van der Waals surface area contributed by atoms with Crippen LogP contribution in [0.2, 0.25) is 0 Å². The van der Waals surface area contributed by atoms with E-state index in [9.17, 15) is 4.79 Å². The Kier molecular flexibility index (Phi) is 3.97. The summed E-state index contributed by atoms with van der Waals surface area (Å²) in [4.78, 5) is 10.7. The second kappa shape index (κ2) is 5.24. The molecule has 4 nitrogen and oxygen atoms in total. The maximum Gasteiger partial charge on any atom is 0.337 e. The van der Waals surface area contributed by atoms with Crippen LogP contribution < -0.4 is 11.1 Å². The van der Waals surface area contributed by atoms with E-state index in [0.717, 1.165) is 25.1 Å². The lowest BCUT2D eigenvalue weighted by Gasteiger charge is -2.07.